The Morgan fingerprint density at radius 2 is 2.10 bits per heavy atom. The van der Waals surface area contributed by atoms with Gasteiger partial charge in [-0.3, -0.25) is 4.72 Å². The number of benzene rings is 1. The summed E-state index contributed by atoms with van der Waals surface area (Å²) in [4.78, 5) is 4.38. The number of aryl methyl sites for hydroxylation is 1. The maximum atomic E-state index is 13.6. The molecule has 0 amide bonds. The molecule has 0 radical (unpaired) electrons. The van der Waals surface area contributed by atoms with Crippen molar-refractivity contribution in [3.8, 4) is 0 Å². The molecule has 0 saturated heterocycles. The van der Waals surface area contributed by atoms with Gasteiger partial charge in [-0.25, -0.2) is 17.8 Å². The maximum Gasteiger partial charge on any atom is 0.229 e. The smallest absolute Gasteiger partial charge is 0.229 e. The summed E-state index contributed by atoms with van der Waals surface area (Å²) >= 11 is 1.55. The normalized spacial score (nSPS) is 13.0. The van der Waals surface area contributed by atoms with Crippen molar-refractivity contribution in [2.45, 2.75) is 19.9 Å². The van der Waals surface area contributed by atoms with Crippen molar-refractivity contribution in [2.24, 2.45) is 0 Å². The zero-order chi connectivity index (χ0) is 15.6. The molecule has 2 aromatic rings. The van der Waals surface area contributed by atoms with E-state index in [1.165, 1.54) is 12.1 Å². The molecule has 0 bridgehead atoms. The maximum absolute atomic E-state index is 13.6. The molecule has 1 atom stereocenters. The minimum absolute atomic E-state index is 0.0634. The fourth-order valence-corrected chi connectivity index (χ4v) is 3.06. The first-order valence-corrected chi connectivity index (χ1v) is 8.97. The van der Waals surface area contributed by atoms with Crippen LogP contribution in [0.25, 0.3) is 0 Å². The number of sulfonamides is 1. The second-order valence-corrected chi connectivity index (χ2v) is 7.54. The first-order valence-electron chi connectivity index (χ1n) is 6.20. The lowest BCUT2D eigenvalue weighted by molar-refractivity contribution is 0.603. The number of rotatable bonds is 5. The Morgan fingerprint density at radius 3 is 2.67 bits per heavy atom. The van der Waals surface area contributed by atoms with E-state index in [1.54, 1.807) is 17.4 Å². The molecule has 1 unspecified atom stereocenters. The van der Waals surface area contributed by atoms with Gasteiger partial charge in [0.15, 0.2) is 0 Å². The van der Waals surface area contributed by atoms with Crippen LogP contribution < -0.4 is 10.0 Å². The average Bonchev–Trinajstić information content (AvgIpc) is 2.78. The van der Waals surface area contributed by atoms with E-state index in [0.29, 0.717) is 5.69 Å². The van der Waals surface area contributed by atoms with Crippen LogP contribution in [0.2, 0.25) is 0 Å². The predicted octanol–water partition coefficient (Wildman–Crippen LogP) is 3.14. The van der Waals surface area contributed by atoms with E-state index in [2.05, 4.69) is 15.0 Å². The first-order chi connectivity index (χ1) is 9.74. The molecule has 0 spiro atoms. The molecule has 5 nitrogen and oxygen atoms in total. The molecule has 8 heteroatoms. The number of aromatic nitrogens is 1. The third kappa shape index (κ3) is 4.40. The number of thiazole rings is 1. The monoisotopic (exact) mass is 329 g/mol. The summed E-state index contributed by atoms with van der Waals surface area (Å²) < 4.78 is 38.2. The highest BCUT2D eigenvalue weighted by molar-refractivity contribution is 7.92. The highest BCUT2D eigenvalue weighted by atomic mass is 32.2. The van der Waals surface area contributed by atoms with Crippen LogP contribution in [0.15, 0.2) is 23.6 Å². The van der Waals surface area contributed by atoms with Gasteiger partial charge in [0.05, 0.1) is 28.7 Å². The van der Waals surface area contributed by atoms with Crippen molar-refractivity contribution in [3.05, 3.63) is 40.1 Å². The second kappa shape index (κ2) is 5.98. The number of halogens is 1. The molecule has 0 saturated carbocycles. The Morgan fingerprint density at radius 1 is 1.38 bits per heavy atom. The quantitative estimate of drug-likeness (QED) is 0.884. The fraction of sp³-hybridized carbons (Fsp3) is 0.308. The number of anilines is 2. The summed E-state index contributed by atoms with van der Waals surface area (Å²) in [6, 6.07) is 4.13. The van der Waals surface area contributed by atoms with Gasteiger partial charge in [0.25, 0.3) is 0 Å². The van der Waals surface area contributed by atoms with Gasteiger partial charge in [-0.05, 0) is 32.0 Å². The molecule has 0 aliphatic heterocycles. The van der Waals surface area contributed by atoms with Crippen molar-refractivity contribution in [1.82, 2.24) is 4.98 Å². The highest BCUT2D eigenvalue weighted by Gasteiger charge is 2.12. The summed E-state index contributed by atoms with van der Waals surface area (Å²) in [5, 5.41) is 6.09. The molecular weight excluding hydrogens is 313 g/mol. The van der Waals surface area contributed by atoms with Gasteiger partial charge in [-0.2, -0.15) is 0 Å². The number of nitrogens with zero attached hydrogens (tertiary/aromatic N) is 1. The zero-order valence-electron chi connectivity index (χ0n) is 11.8. The van der Waals surface area contributed by atoms with Crippen LogP contribution in [0.5, 0.6) is 0 Å². The van der Waals surface area contributed by atoms with Crippen molar-refractivity contribution in [3.63, 3.8) is 0 Å². The van der Waals surface area contributed by atoms with Gasteiger partial charge in [-0.15, -0.1) is 11.3 Å². The Kier molecular flexibility index (Phi) is 4.48. The lowest BCUT2D eigenvalue weighted by Gasteiger charge is -2.14. The van der Waals surface area contributed by atoms with Crippen LogP contribution in [0.3, 0.4) is 0 Å². The predicted molar refractivity (Wildman–Crippen MR) is 83.8 cm³/mol. The van der Waals surface area contributed by atoms with Crippen molar-refractivity contribution < 1.29 is 12.8 Å². The van der Waals surface area contributed by atoms with Crippen LogP contribution in [0, 0.1) is 12.7 Å². The Balaban J connectivity index is 2.19. The molecule has 0 fully saturated rings. The van der Waals surface area contributed by atoms with Crippen molar-refractivity contribution >= 4 is 32.7 Å². The van der Waals surface area contributed by atoms with Gasteiger partial charge >= 0.3 is 0 Å². The third-order valence-corrected chi connectivity index (χ3v) is 4.11. The van der Waals surface area contributed by atoms with E-state index < -0.39 is 15.8 Å². The molecular formula is C13H16FN3O2S2. The number of hydrogen-bond acceptors (Lipinski definition) is 5. The molecule has 114 valence electrons. The minimum atomic E-state index is -3.52. The SMILES string of the molecule is Cc1nc(C(C)Nc2ccc(F)c(NS(C)(=O)=O)c2)cs1. The molecule has 0 aliphatic carbocycles. The summed E-state index contributed by atoms with van der Waals surface area (Å²) in [6.45, 7) is 3.86. The van der Waals surface area contributed by atoms with Gasteiger partial charge < -0.3 is 5.32 Å². The summed E-state index contributed by atoms with van der Waals surface area (Å²) in [5.41, 5.74) is 1.42. The molecule has 1 aromatic carbocycles. The topological polar surface area (TPSA) is 71.1 Å². The van der Waals surface area contributed by atoms with Gasteiger partial charge in [-0.1, -0.05) is 0 Å². The van der Waals surface area contributed by atoms with Gasteiger partial charge in [0.1, 0.15) is 5.82 Å². The van der Waals surface area contributed by atoms with Crippen molar-refractivity contribution in [1.29, 1.82) is 0 Å². The molecule has 2 N–H and O–H groups in total. The zero-order valence-corrected chi connectivity index (χ0v) is 13.5. The van der Waals surface area contributed by atoms with Crippen LogP contribution in [-0.4, -0.2) is 19.7 Å². The first kappa shape index (κ1) is 15.7. The molecule has 21 heavy (non-hydrogen) atoms. The largest absolute Gasteiger partial charge is 0.377 e. The van der Waals surface area contributed by atoms with E-state index in [0.717, 1.165) is 17.0 Å². The van der Waals surface area contributed by atoms with Crippen LogP contribution in [0.1, 0.15) is 23.7 Å². The minimum Gasteiger partial charge on any atom is -0.377 e. The number of nitrogens with one attached hydrogen (secondary N) is 2. The molecule has 1 heterocycles. The Hall–Kier alpha value is -1.67. The number of hydrogen-bond donors (Lipinski definition) is 2. The Labute approximate surface area is 127 Å². The summed E-state index contributed by atoms with van der Waals surface area (Å²) in [7, 11) is -3.52. The van der Waals surface area contributed by atoms with Crippen LogP contribution in [-0.2, 0) is 10.0 Å². The molecule has 1 aromatic heterocycles. The molecule has 2 rings (SSSR count). The summed E-state index contributed by atoms with van der Waals surface area (Å²) in [6.07, 6.45) is 0.979. The van der Waals surface area contributed by atoms with E-state index in [4.69, 9.17) is 0 Å². The van der Waals surface area contributed by atoms with Gasteiger partial charge in [0.2, 0.25) is 10.0 Å². The van der Waals surface area contributed by atoms with Gasteiger partial charge in [0, 0.05) is 11.1 Å². The average molecular weight is 329 g/mol. The van der Waals surface area contributed by atoms with E-state index in [1.807, 2.05) is 19.2 Å². The van der Waals surface area contributed by atoms with E-state index in [9.17, 15) is 12.8 Å². The van der Waals surface area contributed by atoms with Crippen LogP contribution in [0.4, 0.5) is 15.8 Å². The highest BCUT2D eigenvalue weighted by Crippen LogP contribution is 2.25. The lowest BCUT2D eigenvalue weighted by atomic mass is 10.2. The van der Waals surface area contributed by atoms with Crippen molar-refractivity contribution in [2.75, 3.05) is 16.3 Å². The molecule has 0 aliphatic rings. The summed E-state index contributed by atoms with van der Waals surface area (Å²) in [5.74, 6) is -0.622. The lowest BCUT2D eigenvalue weighted by Crippen LogP contribution is -2.12. The second-order valence-electron chi connectivity index (χ2n) is 4.73. The Bertz CT molecular complexity index is 744. The van der Waals surface area contributed by atoms with E-state index >= 15 is 0 Å². The van der Waals surface area contributed by atoms with E-state index in [-0.39, 0.29) is 11.7 Å². The fourth-order valence-electron chi connectivity index (χ4n) is 1.80. The third-order valence-electron chi connectivity index (χ3n) is 2.73. The van der Waals surface area contributed by atoms with Crippen LogP contribution >= 0.6 is 11.3 Å². The standard InChI is InChI=1S/C13H16FN3O2S2/c1-8(13-7-20-9(2)16-13)15-10-4-5-11(14)12(6-10)17-21(3,18)19/h4-8,15,17H,1-3H3.